The Labute approximate surface area is 202 Å². The largest absolute Gasteiger partial charge is 0.495 e. The third-order valence-corrected chi connectivity index (χ3v) is 6.67. The van der Waals surface area contributed by atoms with Crippen LogP contribution in [0, 0.1) is 13.8 Å². The van der Waals surface area contributed by atoms with E-state index in [2.05, 4.69) is 53.1 Å². The number of nitrogens with zero attached hydrogens (tertiary/aromatic N) is 4. The van der Waals surface area contributed by atoms with Gasteiger partial charge in [0.25, 0.3) is 0 Å². The SMILES string of the molecule is CCN=C(c1cc2c(-c3ccc(C)s3)nccc2[nH]1)c1nc(-c2cncc(OC)c2)ccc1C. The molecule has 0 atom stereocenters. The standard InChI is InChI=1S/C27H25N5OS/c1-5-29-27(25-16(2)6-8-21(32-25)18-12-19(33-4)15-28-14-18)23-13-20-22(31-23)10-11-30-26(20)24-9-7-17(3)34-24/h6-15,31H,5H2,1-4H3. The van der Waals surface area contributed by atoms with Gasteiger partial charge in [0.1, 0.15) is 11.5 Å². The average Bonchev–Trinajstić information content (AvgIpc) is 3.49. The predicted octanol–water partition coefficient (Wildman–Crippen LogP) is 6.23. The number of rotatable bonds is 6. The first-order chi connectivity index (χ1) is 16.6. The Morgan fingerprint density at radius 2 is 1.97 bits per heavy atom. The van der Waals surface area contributed by atoms with Crippen LogP contribution >= 0.6 is 11.3 Å². The van der Waals surface area contributed by atoms with E-state index in [0.717, 1.165) is 55.4 Å². The third-order valence-electron chi connectivity index (χ3n) is 5.66. The minimum atomic E-state index is 0.645. The maximum Gasteiger partial charge on any atom is 0.137 e. The van der Waals surface area contributed by atoms with Crippen LogP contribution in [0.15, 0.2) is 66.0 Å². The van der Waals surface area contributed by atoms with Crippen LogP contribution in [0.3, 0.4) is 0 Å². The fraction of sp³-hybridized carbons (Fsp3) is 0.185. The highest BCUT2D eigenvalue weighted by Crippen LogP contribution is 2.33. The van der Waals surface area contributed by atoms with Crippen LogP contribution < -0.4 is 4.74 Å². The first-order valence-corrected chi connectivity index (χ1v) is 12.0. The number of nitrogens with one attached hydrogen (secondary N) is 1. The molecule has 5 rings (SSSR count). The maximum atomic E-state index is 5.34. The zero-order chi connectivity index (χ0) is 23.7. The van der Waals surface area contributed by atoms with Gasteiger partial charge in [0, 0.05) is 40.3 Å². The molecular formula is C27H25N5OS. The number of pyridine rings is 3. The lowest BCUT2D eigenvalue weighted by molar-refractivity contribution is 0.413. The lowest BCUT2D eigenvalue weighted by atomic mass is 10.1. The molecule has 0 aliphatic heterocycles. The topological polar surface area (TPSA) is 76.0 Å². The number of fused-ring (bicyclic) bond motifs is 1. The number of aromatic nitrogens is 4. The lowest BCUT2D eigenvalue weighted by Crippen LogP contribution is -2.10. The van der Waals surface area contributed by atoms with E-state index in [9.17, 15) is 0 Å². The number of methoxy groups -OCH3 is 1. The molecule has 0 saturated carbocycles. The van der Waals surface area contributed by atoms with Gasteiger partial charge in [-0.2, -0.15) is 0 Å². The second-order valence-electron chi connectivity index (χ2n) is 8.01. The summed E-state index contributed by atoms with van der Waals surface area (Å²) < 4.78 is 5.34. The number of hydrogen-bond acceptors (Lipinski definition) is 6. The molecule has 0 amide bonds. The highest BCUT2D eigenvalue weighted by molar-refractivity contribution is 7.15. The molecular weight excluding hydrogens is 442 g/mol. The molecule has 0 radical (unpaired) electrons. The lowest BCUT2D eigenvalue weighted by Gasteiger charge is -2.11. The van der Waals surface area contributed by atoms with E-state index in [1.807, 2.05) is 31.3 Å². The molecule has 0 spiro atoms. The number of ether oxygens (including phenoxy) is 1. The minimum Gasteiger partial charge on any atom is -0.495 e. The molecule has 170 valence electrons. The van der Waals surface area contributed by atoms with Crippen molar-refractivity contribution < 1.29 is 4.74 Å². The second-order valence-corrected chi connectivity index (χ2v) is 9.30. The molecule has 5 aromatic heterocycles. The van der Waals surface area contributed by atoms with Crippen molar-refractivity contribution >= 4 is 28.0 Å². The number of hydrogen-bond donors (Lipinski definition) is 1. The van der Waals surface area contributed by atoms with Crippen LogP contribution in [0.25, 0.3) is 32.7 Å². The Morgan fingerprint density at radius 3 is 2.74 bits per heavy atom. The molecule has 5 heterocycles. The zero-order valence-electron chi connectivity index (χ0n) is 19.6. The van der Waals surface area contributed by atoms with Crippen molar-refractivity contribution in [1.82, 2.24) is 19.9 Å². The monoisotopic (exact) mass is 467 g/mol. The number of H-pyrrole nitrogens is 1. The Balaban J connectivity index is 1.63. The number of aryl methyl sites for hydroxylation is 2. The Hall–Kier alpha value is -3.84. The molecule has 0 bridgehead atoms. The summed E-state index contributed by atoms with van der Waals surface area (Å²) in [6, 6.07) is 14.4. The molecule has 0 saturated heterocycles. The molecule has 6 nitrogen and oxygen atoms in total. The quantitative estimate of drug-likeness (QED) is 0.300. The van der Waals surface area contributed by atoms with Crippen molar-refractivity contribution in [2.24, 2.45) is 4.99 Å². The predicted molar refractivity (Wildman–Crippen MR) is 139 cm³/mol. The molecule has 7 heteroatoms. The van der Waals surface area contributed by atoms with Crippen LogP contribution in [0.1, 0.15) is 28.8 Å². The van der Waals surface area contributed by atoms with Gasteiger partial charge in [0.15, 0.2) is 0 Å². The molecule has 0 aromatic carbocycles. The van der Waals surface area contributed by atoms with Crippen molar-refractivity contribution in [2.75, 3.05) is 13.7 Å². The van der Waals surface area contributed by atoms with Gasteiger partial charge in [0.2, 0.25) is 0 Å². The average molecular weight is 468 g/mol. The van der Waals surface area contributed by atoms with Gasteiger partial charge in [-0.1, -0.05) is 6.07 Å². The van der Waals surface area contributed by atoms with Gasteiger partial charge in [-0.3, -0.25) is 15.0 Å². The second kappa shape index (κ2) is 9.19. The molecule has 5 aromatic rings. The van der Waals surface area contributed by atoms with Crippen molar-refractivity contribution in [3.63, 3.8) is 0 Å². The molecule has 0 fully saturated rings. The normalized spacial score (nSPS) is 11.8. The highest BCUT2D eigenvalue weighted by Gasteiger charge is 2.18. The van der Waals surface area contributed by atoms with Crippen molar-refractivity contribution in [2.45, 2.75) is 20.8 Å². The first-order valence-electron chi connectivity index (χ1n) is 11.1. The molecule has 0 aliphatic rings. The molecule has 0 aliphatic carbocycles. The summed E-state index contributed by atoms with van der Waals surface area (Å²) in [7, 11) is 1.64. The van der Waals surface area contributed by atoms with Gasteiger partial charge >= 0.3 is 0 Å². The van der Waals surface area contributed by atoms with Crippen LogP contribution in [0.4, 0.5) is 0 Å². The van der Waals surface area contributed by atoms with Crippen molar-refractivity contribution in [1.29, 1.82) is 0 Å². The van der Waals surface area contributed by atoms with Crippen LogP contribution in [0.2, 0.25) is 0 Å². The summed E-state index contributed by atoms with van der Waals surface area (Å²) in [6.07, 6.45) is 5.34. The zero-order valence-corrected chi connectivity index (χ0v) is 20.4. The van der Waals surface area contributed by atoms with Gasteiger partial charge in [0.05, 0.1) is 41.0 Å². The van der Waals surface area contributed by atoms with E-state index in [1.54, 1.807) is 30.8 Å². The Morgan fingerprint density at radius 1 is 1.09 bits per heavy atom. The van der Waals surface area contributed by atoms with Crippen LogP contribution in [-0.4, -0.2) is 39.3 Å². The van der Waals surface area contributed by atoms with E-state index in [-0.39, 0.29) is 0 Å². The fourth-order valence-corrected chi connectivity index (χ4v) is 4.86. The van der Waals surface area contributed by atoms with Gasteiger partial charge in [-0.05, 0) is 62.7 Å². The van der Waals surface area contributed by atoms with E-state index in [1.165, 1.54) is 4.88 Å². The Kier molecular flexibility index (Phi) is 5.94. The van der Waals surface area contributed by atoms with E-state index in [0.29, 0.717) is 12.3 Å². The molecule has 34 heavy (non-hydrogen) atoms. The molecule has 0 unspecified atom stereocenters. The number of aromatic amines is 1. The summed E-state index contributed by atoms with van der Waals surface area (Å²) in [6.45, 7) is 6.86. The summed E-state index contributed by atoms with van der Waals surface area (Å²) >= 11 is 1.75. The maximum absolute atomic E-state index is 5.34. The number of aliphatic imine (C=N–C) groups is 1. The fourth-order valence-electron chi connectivity index (χ4n) is 3.99. The molecule has 1 N–H and O–H groups in total. The van der Waals surface area contributed by atoms with Crippen molar-refractivity contribution in [3.8, 4) is 27.6 Å². The summed E-state index contributed by atoms with van der Waals surface area (Å²) in [4.78, 5) is 24.8. The van der Waals surface area contributed by atoms with Crippen molar-refractivity contribution in [3.05, 3.63) is 82.9 Å². The summed E-state index contributed by atoms with van der Waals surface area (Å²) in [5.74, 6) is 0.698. The smallest absolute Gasteiger partial charge is 0.137 e. The van der Waals surface area contributed by atoms with Gasteiger partial charge < -0.3 is 9.72 Å². The number of thiophene rings is 1. The van der Waals surface area contributed by atoms with Gasteiger partial charge in [-0.15, -0.1) is 11.3 Å². The van der Waals surface area contributed by atoms with E-state index in [4.69, 9.17) is 14.7 Å². The van der Waals surface area contributed by atoms with E-state index < -0.39 is 0 Å². The minimum absolute atomic E-state index is 0.645. The summed E-state index contributed by atoms with van der Waals surface area (Å²) in [5.41, 5.74) is 7.39. The third kappa shape index (κ3) is 4.10. The summed E-state index contributed by atoms with van der Waals surface area (Å²) in [5, 5.41) is 1.08. The van der Waals surface area contributed by atoms with Crippen LogP contribution in [-0.2, 0) is 0 Å². The van der Waals surface area contributed by atoms with Crippen LogP contribution in [0.5, 0.6) is 5.75 Å². The first kappa shape index (κ1) is 22.0. The Bertz CT molecular complexity index is 1510. The highest BCUT2D eigenvalue weighted by atomic mass is 32.1. The van der Waals surface area contributed by atoms with Gasteiger partial charge in [-0.25, -0.2) is 4.98 Å². The van der Waals surface area contributed by atoms with E-state index >= 15 is 0 Å².